The van der Waals surface area contributed by atoms with Crippen molar-refractivity contribution >= 4 is 15.7 Å². The Hall–Kier alpha value is -3.92. The van der Waals surface area contributed by atoms with Crippen molar-refractivity contribution in [3.05, 3.63) is 95.6 Å². The fraction of sp³-hybridized carbons (Fsp3) is 0.120. The van der Waals surface area contributed by atoms with E-state index in [0.29, 0.717) is 28.1 Å². The number of carbonyl (C=O) groups is 1. The van der Waals surface area contributed by atoms with Crippen LogP contribution in [0.15, 0.2) is 83.8 Å². The largest absolute Gasteiger partial charge is 0.416 e. The minimum atomic E-state index is -4.44. The topological polar surface area (TPSA) is 91.9 Å². The lowest BCUT2D eigenvalue weighted by Crippen LogP contribution is -2.22. The standard InChI is InChI=1S/C25H20F3N3O3S/c1-35(33,34)21-11-5-16(6-12-21)15-29-24(32)18-9-7-17(8-10-18)22-14-23(31-30-22)19-3-2-4-20(13-19)25(26,27)28/h2-14H,15H2,1H3,(H,29,32)(H,30,31). The molecule has 0 bridgehead atoms. The number of halogens is 3. The van der Waals surface area contributed by atoms with Gasteiger partial charge in [-0.3, -0.25) is 9.89 Å². The van der Waals surface area contributed by atoms with E-state index in [4.69, 9.17) is 0 Å². The van der Waals surface area contributed by atoms with Gasteiger partial charge in [0, 0.05) is 23.9 Å². The molecule has 0 spiro atoms. The molecule has 0 saturated carbocycles. The van der Waals surface area contributed by atoms with E-state index in [2.05, 4.69) is 15.5 Å². The second-order valence-electron chi connectivity index (χ2n) is 7.92. The third-order valence-electron chi connectivity index (χ3n) is 5.33. The predicted octanol–water partition coefficient (Wildman–Crippen LogP) is 5.10. The number of carbonyl (C=O) groups excluding carboxylic acids is 1. The van der Waals surface area contributed by atoms with Gasteiger partial charge in [-0.25, -0.2) is 8.42 Å². The monoisotopic (exact) mass is 499 g/mol. The summed E-state index contributed by atoms with van der Waals surface area (Å²) < 4.78 is 62.0. The molecular weight excluding hydrogens is 479 g/mol. The van der Waals surface area contributed by atoms with Crippen molar-refractivity contribution in [3.63, 3.8) is 0 Å². The predicted molar refractivity (Wildman–Crippen MR) is 125 cm³/mol. The molecule has 180 valence electrons. The number of aromatic amines is 1. The van der Waals surface area contributed by atoms with Crippen molar-refractivity contribution in [1.82, 2.24) is 15.5 Å². The summed E-state index contributed by atoms with van der Waals surface area (Å²) in [4.78, 5) is 12.7. The zero-order valence-electron chi connectivity index (χ0n) is 18.4. The van der Waals surface area contributed by atoms with Gasteiger partial charge in [-0.05, 0) is 53.6 Å². The van der Waals surface area contributed by atoms with Gasteiger partial charge in [0.25, 0.3) is 5.91 Å². The molecule has 0 aliphatic carbocycles. The number of H-pyrrole nitrogens is 1. The van der Waals surface area contributed by atoms with Crippen LogP contribution in [0.25, 0.3) is 22.5 Å². The van der Waals surface area contributed by atoms with E-state index >= 15 is 0 Å². The number of nitrogens with zero attached hydrogens (tertiary/aromatic N) is 1. The molecule has 4 rings (SSSR count). The second kappa shape index (κ2) is 9.38. The first-order chi connectivity index (χ1) is 16.5. The molecule has 0 radical (unpaired) electrons. The van der Waals surface area contributed by atoms with Crippen LogP contribution in [-0.4, -0.2) is 30.8 Å². The lowest BCUT2D eigenvalue weighted by Gasteiger charge is -2.07. The van der Waals surface area contributed by atoms with Gasteiger partial charge in [-0.2, -0.15) is 18.3 Å². The van der Waals surface area contributed by atoms with E-state index < -0.39 is 21.6 Å². The van der Waals surface area contributed by atoms with E-state index in [1.807, 2.05) is 0 Å². The molecule has 1 amide bonds. The van der Waals surface area contributed by atoms with Crippen LogP contribution in [0.1, 0.15) is 21.5 Å². The number of sulfone groups is 1. The molecule has 1 heterocycles. The molecular formula is C25H20F3N3O3S. The van der Waals surface area contributed by atoms with Crippen LogP contribution in [0, 0.1) is 0 Å². The smallest absolute Gasteiger partial charge is 0.348 e. The fourth-order valence-electron chi connectivity index (χ4n) is 3.41. The van der Waals surface area contributed by atoms with Crippen molar-refractivity contribution in [1.29, 1.82) is 0 Å². The maximum Gasteiger partial charge on any atom is 0.416 e. The molecule has 0 fully saturated rings. The zero-order valence-corrected chi connectivity index (χ0v) is 19.2. The Morgan fingerprint density at radius 1 is 0.943 bits per heavy atom. The van der Waals surface area contributed by atoms with E-state index in [1.54, 1.807) is 48.5 Å². The van der Waals surface area contributed by atoms with E-state index in [1.165, 1.54) is 18.2 Å². The number of hydrogen-bond acceptors (Lipinski definition) is 4. The Morgan fingerprint density at radius 2 is 1.63 bits per heavy atom. The van der Waals surface area contributed by atoms with Crippen molar-refractivity contribution in [2.75, 3.05) is 6.26 Å². The molecule has 6 nitrogen and oxygen atoms in total. The highest BCUT2D eigenvalue weighted by Gasteiger charge is 2.30. The first-order valence-electron chi connectivity index (χ1n) is 10.4. The Labute approximate surface area is 199 Å². The van der Waals surface area contributed by atoms with Gasteiger partial charge in [0.1, 0.15) is 0 Å². The number of aromatic nitrogens is 2. The SMILES string of the molecule is CS(=O)(=O)c1ccc(CNC(=O)c2ccc(-c3cc(-c4cccc(C(F)(F)F)c4)n[nH]3)cc2)cc1. The van der Waals surface area contributed by atoms with Crippen molar-refractivity contribution in [3.8, 4) is 22.5 Å². The summed E-state index contributed by atoms with van der Waals surface area (Å²) in [7, 11) is -3.28. The number of benzene rings is 3. The molecule has 0 unspecified atom stereocenters. The van der Waals surface area contributed by atoms with Gasteiger partial charge in [-0.15, -0.1) is 0 Å². The first-order valence-corrected chi connectivity index (χ1v) is 12.3. The average Bonchev–Trinajstić information content (AvgIpc) is 3.32. The molecule has 0 atom stereocenters. The van der Waals surface area contributed by atoms with Crippen LogP contribution in [0.5, 0.6) is 0 Å². The van der Waals surface area contributed by atoms with Crippen LogP contribution < -0.4 is 5.32 Å². The Kier molecular flexibility index (Phi) is 6.49. The minimum Gasteiger partial charge on any atom is -0.348 e. The summed E-state index contributed by atoms with van der Waals surface area (Å²) in [5, 5.41) is 9.71. The maximum atomic E-state index is 13.0. The van der Waals surface area contributed by atoms with E-state index in [9.17, 15) is 26.4 Å². The Bertz CT molecular complexity index is 1460. The highest BCUT2D eigenvalue weighted by atomic mass is 32.2. The third-order valence-corrected chi connectivity index (χ3v) is 6.45. The number of rotatable bonds is 6. The second-order valence-corrected chi connectivity index (χ2v) is 9.94. The normalized spacial score (nSPS) is 11.9. The lowest BCUT2D eigenvalue weighted by atomic mass is 10.1. The molecule has 10 heteroatoms. The summed E-state index contributed by atoms with van der Waals surface area (Å²) in [6.07, 6.45) is -3.31. The summed E-state index contributed by atoms with van der Waals surface area (Å²) >= 11 is 0. The number of alkyl halides is 3. The molecule has 2 N–H and O–H groups in total. The van der Waals surface area contributed by atoms with Gasteiger partial charge in [0.2, 0.25) is 0 Å². The first kappa shape index (κ1) is 24.2. The van der Waals surface area contributed by atoms with E-state index in [-0.39, 0.29) is 17.3 Å². The number of hydrogen-bond donors (Lipinski definition) is 2. The molecule has 1 aromatic heterocycles. The van der Waals surface area contributed by atoms with Gasteiger partial charge < -0.3 is 5.32 Å². The maximum absolute atomic E-state index is 13.0. The fourth-order valence-corrected chi connectivity index (χ4v) is 4.04. The zero-order chi connectivity index (χ0) is 25.2. The molecule has 4 aromatic rings. The highest BCUT2D eigenvalue weighted by Crippen LogP contribution is 2.32. The van der Waals surface area contributed by atoms with Crippen LogP contribution in [0.4, 0.5) is 13.2 Å². The van der Waals surface area contributed by atoms with Crippen molar-refractivity contribution < 1.29 is 26.4 Å². The number of amides is 1. The Balaban J connectivity index is 1.42. The van der Waals surface area contributed by atoms with Crippen LogP contribution >= 0.6 is 0 Å². The van der Waals surface area contributed by atoms with E-state index in [0.717, 1.165) is 24.0 Å². The average molecular weight is 500 g/mol. The van der Waals surface area contributed by atoms with Gasteiger partial charge in [-0.1, -0.05) is 36.4 Å². The van der Waals surface area contributed by atoms with Gasteiger partial charge in [0.15, 0.2) is 9.84 Å². The highest BCUT2D eigenvalue weighted by molar-refractivity contribution is 7.90. The van der Waals surface area contributed by atoms with Gasteiger partial charge in [0.05, 0.1) is 21.8 Å². The minimum absolute atomic E-state index is 0.207. The molecule has 0 aliphatic heterocycles. The Morgan fingerprint density at radius 3 is 2.26 bits per heavy atom. The van der Waals surface area contributed by atoms with Crippen LogP contribution in [0.2, 0.25) is 0 Å². The van der Waals surface area contributed by atoms with Crippen molar-refractivity contribution in [2.45, 2.75) is 17.6 Å². The van der Waals surface area contributed by atoms with Crippen LogP contribution in [-0.2, 0) is 22.6 Å². The summed E-state index contributed by atoms with van der Waals surface area (Å²) in [5.74, 6) is -0.307. The molecule has 0 aliphatic rings. The quantitative estimate of drug-likeness (QED) is 0.386. The summed E-state index contributed by atoms with van der Waals surface area (Å²) in [6, 6.07) is 19.5. The third kappa shape index (κ3) is 5.78. The van der Waals surface area contributed by atoms with Crippen LogP contribution in [0.3, 0.4) is 0 Å². The van der Waals surface area contributed by atoms with Crippen molar-refractivity contribution in [2.24, 2.45) is 0 Å². The lowest BCUT2D eigenvalue weighted by molar-refractivity contribution is -0.137. The molecule has 35 heavy (non-hydrogen) atoms. The molecule has 0 saturated heterocycles. The molecule has 3 aromatic carbocycles. The summed E-state index contributed by atoms with van der Waals surface area (Å²) in [5.41, 5.74) is 2.43. The number of nitrogens with one attached hydrogen (secondary N) is 2. The summed E-state index contributed by atoms with van der Waals surface area (Å²) in [6.45, 7) is 0.228. The van der Waals surface area contributed by atoms with Gasteiger partial charge >= 0.3 is 6.18 Å².